The molecule has 140 valence electrons. The molecule has 4 aromatic rings. The molecule has 0 atom stereocenters. The van der Waals surface area contributed by atoms with E-state index < -0.39 is 5.97 Å². The predicted molar refractivity (Wildman–Crippen MR) is 102 cm³/mol. The number of nitrogens with one attached hydrogen (secondary N) is 1. The average molecular weight is 376 g/mol. The third-order valence-corrected chi connectivity index (χ3v) is 4.16. The highest BCUT2D eigenvalue weighted by molar-refractivity contribution is 5.94. The maximum Gasteiger partial charge on any atom is 0.337 e. The van der Waals surface area contributed by atoms with Gasteiger partial charge in [0, 0.05) is 17.1 Å². The van der Waals surface area contributed by atoms with E-state index in [9.17, 15) is 9.59 Å². The number of hydrogen-bond acceptors (Lipinski definition) is 6. The van der Waals surface area contributed by atoms with E-state index in [2.05, 4.69) is 15.2 Å². The van der Waals surface area contributed by atoms with Gasteiger partial charge in [-0.3, -0.25) is 4.79 Å². The van der Waals surface area contributed by atoms with Crippen LogP contribution in [0.25, 0.3) is 22.5 Å². The zero-order chi connectivity index (χ0) is 19.5. The Hall–Kier alpha value is -3.87. The lowest BCUT2D eigenvalue weighted by Crippen LogP contribution is -2.14. The summed E-state index contributed by atoms with van der Waals surface area (Å²) in [6, 6.07) is 17.6. The second-order valence-corrected chi connectivity index (χ2v) is 6.12. The zero-order valence-electron chi connectivity index (χ0n) is 15.0. The van der Waals surface area contributed by atoms with Crippen LogP contribution >= 0.6 is 0 Å². The third-order valence-electron chi connectivity index (χ3n) is 4.16. The quantitative estimate of drug-likeness (QED) is 0.528. The molecular weight excluding hydrogens is 360 g/mol. The van der Waals surface area contributed by atoms with Gasteiger partial charge < -0.3 is 19.0 Å². The van der Waals surface area contributed by atoms with Gasteiger partial charge in [0.05, 0.1) is 24.8 Å². The Balaban J connectivity index is 1.42. The van der Waals surface area contributed by atoms with Crippen molar-refractivity contribution in [3.63, 3.8) is 0 Å². The van der Waals surface area contributed by atoms with Crippen molar-refractivity contribution in [2.24, 2.45) is 0 Å². The van der Waals surface area contributed by atoms with Gasteiger partial charge in [0.2, 0.25) is 11.7 Å². The van der Waals surface area contributed by atoms with Gasteiger partial charge in [0.25, 0.3) is 0 Å². The molecule has 4 rings (SSSR count). The van der Waals surface area contributed by atoms with Gasteiger partial charge in [-0.1, -0.05) is 23.4 Å². The van der Waals surface area contributed by atoms with Crippen molar-refractivity contribution in [2.45, 2.75) is 6.42 Å². The number of para-hydroxylation sites is 1. The lowest BCUT2D eigenvalue weighted by Gasteiger charge is -2.04. The minimum absolute atomic E-state index is 0.0441. The number of benzene rings is 2. The highest BCUT2D eigenvalue weighted by Crippen LogP contribution is 2.28. The molecule has 0 aliphatic heterocycles. The summed E-state index contributed by atoms with van der Waals surface area (Å²) in [5.74, 6) is 0.328. The fourth-order valence-electron chi connectivity index (χ4n) is 2.79. The van der Waals surface area contributed by atoms with Crippen molar-refractivity contribution in [2.75, 3.05) is 12.4 Å². The number of fused-ring (bicyclic) bond motifs is 1. The molecule has 2 aromatic heterocycles. The van der Waals surface area contributed by atoms with Crippen LogP contribution in [0, 0.1) is 0 Å². The first-order valence-corrected chi connectivity index (χ1v) is 8.55. The van der Waals surface area contributed by atoms with Crippen molar-refractivity contribution in [1.82, 2.24) is 5.16 Å². The van der Waals surface area contributed by atoms with Gasteiger partial charge in [-0.15, -0.1) is 0 Å². The smallest absolute Gasteiger partial charge is 0.337 e. The summed E-state index contributed by atoms with van der Waals surface area (Å²) in [5, 5.41) is 7.65. The molecule has 1 amide bonds. The molecular formula is C21H16N2O5. The number of carbonyl (C=O) groups is 2. The molecule has 0 aliphatic rings. The van der Waals surface area contributed by atoms with Gasteiger partial charge >= 0.3 is 5.97 Å². The second kappa shape index (κ2) is 7.40. The molecule has 0 unspecified atom stereocenters. The van der Waals surface area contributed by atoms with E-state index in [1.54, 1.807) is 30.3 Å². The molecule has 0 aliphatic carbocycles. The lowest BCUT2D eigenvalue weighted by atomic mass is 10.2. The molecule has 7 nitrogen and oxygen atoms in total. The molecule has 7 heteroatoms. The molecule has 2 aromatic carbocycles. The number of anilines is 1. The second-order valence-electron chi connectivity index (χ2n) is 6.12. The van der Waals surface area contributed by atoms with Gasteiger partial charge in [-0.25, -0.2) is 4.79 Å². The van der Waals surface area contributed by atoms with E-state index in [4.69, 9.17) is 8.94 Å². The topological polar surface area (TPSA) is 94.6 Å². The number of nitrogens with zero attached hydrogens (tertiary/aromatic N) is 1. The molecule has 0 radical (unpaired) electrons. The van der Waals surface area contributed by atoms with E-state index in [1.165, 1.54) is 7.11 Å². The first-order valence-electron chi connectivity index (χ1n) is 8.55. The van der Waals surface area contributed by atoms with E-state index in [0.717, 1.165) is 11.0 Å². The van der Waals surface area contributed by atoms with Crippen molar-refractivity contribution >= 4 is 28.5 Å². The number of aromatic nitrogens is 1. The number of hydrogen-bond donors (Lipinski definition) is 1. The van der Waals surface area contributed by atoms with Gasteiger partial charge in [0.15, 0.2) is 5.76 Å². The Morgan fingerprint density at radius 3 is 2.57 bits per heavy atom. The van der Waals surface area contributed by atoms with Crippen LogP contribution in [0.1, 0.15) is 16.1 Å². The maximum absolute atomic E-state index is 12.2. The predicted octanol–water partition coefficient (Wildman–Crippen LogP) is 4.06. The summed E-state index contributed by atoms with van der Waals surface area (Å²) in [5.41, 5.74) is 2.22. The maximum atomic E-state index is 12.2. The van der Waals surface area contributed by atoms with Gasteiger partial charge in [-0.05, 0) is 36.4 Å². The molecule has 28 heavy (non-hydrogen) atoms. The largest absolute Gasteiger partial charge is 0.465 e. The SMILES string of the molecule is COC(=O)c1ccc(NC(=O)Cc2cc(-c3cc4ccccc4o3)on2)cc1. The van der Waals surface area contributed by atoms with Crippen molar-refractivity contribution in [3.8, 4) is 11.5 Å². The number of ether oxygens (including phenoxy) is 1. The summed E-state index contributed by atoms with van der Waals surface area (Å²) in [4.78, 5) is 23.7. The fourth-order valence-corrected chi connectivity index (χ4v) is 2.79. The van der Waals surface area contributed by atoms with Crippen molar-refractivity contribution in [1.29, 1.82) is 0 Å². The van der Waals surface area contributed by atoms with Crippen LogP contribution in [-0.4, -0.2) is 24.1 Å². The molecule has 0 saturated carbocycles. The average Bonchev–Trinajstić information content (AvgIpc) is 3.34. The van der Waals surface area contributed by atoms with Crippen molar-refractivity contribution in [3.05, 3.63) is 71.9 Å². The normalized spacial score (nSPS) is 10.8. The summed E-state index contributed by atoms with van der Waals surface area (Å²) in [6.07, 6.45) is 0.0441. The lowest BCUT2D eigenvalue weighted by molar-refractivity contribution is -0.115. The van der Waals surface area contributed by atoms with E-state index in [0.29, 0.717) is 28.5 Å². The Labute approximate surface area is 159 Å². The molecule has 0 fully saturated rings. The minimum atomic E-state index is -0.432. The summed E-state index contributed by atoms with van der Waals surface area (Å²) >= 11 is 0. The molecule has 0 saturated heterocycles. The fraction of sp³-hybridized carbons (Fsp3) is 0.0952. The molecule has 0 bridgehead atoms. The highest BCUT2D eigenvalue weighted by atomic mass is 16.5. The Morgan fingerprint density at radius 2 is 1.82 bits per heavy atom. The number of carbonyl (C=O) groups excluding carboxylic acids is 2. The van der Waals surface area contributed by atoms with Crippen LogP contribution in [0.4, 0.5) is 5.69 Å². The van der Waals surface area contributed by atoms with Crippen LogP contribution in [-0.2, 0) is 16.0 Å². The zero-order valence-corrected chi connectivity index (χ0v) is 15.0. The van der Waals surface area contributed by atoms with Crippen LogP contribution in [0.3, 0.4) is 0 Å². The van der Waals surface area contributed by atoms with Crippen LogP contribution in [0.2, 0.25) is 0 Å². The van der Waals surface area contributed by atoms with Gasteiger partial charge in [-0.2, -0.15) is 0 Å². The number of methoxy groups -OCH3 is 1. The number of amides is 1. The summed E-state index contributed by atoms with van der Waals surface area (Å²) in [6.45, 7) is 0. The summed E-state index contributed by atoms with van der Waals surface area (Å²) in [7, 11) is 1.32. The van der Waals surface area contributed by atoms with E-state index >= 15 is 0 Å². The first-order chi connectivity index (χ1) is 13.6. The van der Waals surface area contributed by atoms with Crippen LogP contribution < -0.4 is 5.32 Å². The number of furan rings is 1. The van der Waals surface area contributed by atoms with E-state index in [-0.39, 0.29) is 12.3 Å². The highest BCUT2D eigenvalue weighted by Gasteiger charge is 2.14. The Morgan fingerprint density at radius 1 is 1.04 bits per heavy atom. The van der Waals surface area contributed by atoms with Crippen LogP contribution in [0.5, 0.6) is 0 Å². The Kier molecular flexibility index (Phi) is 4.63. The third kappa shape index (κ3) is 3.64. The first kappa shape index (κ1) is 17.5. The summed E-state index contributed by atoms with van der Waals surface area (Å²) < 4.78 is 15.7. The molecule has 0 spiro atoms. The van der Waals surface area contributed by atoms with Gasteiger partial charge in [0.1, 0.15) is 5.58 Å². The van der Waals surface area contributed by atoms with Crippen molar-refractivity contribution < 1.29 is 23.3 Å². The minimum Gasteiger partial charge on any atom is -0.465 e. The Bertz CT molecular complexity index is 1110. The van der Waals surface area contributed by atoms with E-state index in [1.807, 2.05) is 30.3 Å². The number of esters is 1. The molecule has 1 N–H and O–H groups in total. The number of rotatable bonds is 5. The monoisotopic (exact) mass is 376 g/mol. The molecule has 2 heterocycles. The standard InChI is InChI=1S/C21H16N2O5/c1-26-21(25)13-6-8-15(9-7-13)22-20(24)12-16-11-19(28-23-16)18-10-14-4-2-3-5-17(14)27-18/h2-11H,12H2,1H3,(H,22,24). The van der Waals surface area contributed by atoms with Crippen LogP contribution in [0.15, 0.2) is 69.6 Å².